The van der Waals surface area contributed by atoms with Gasteiger partial charge in [0.25, 0.3) is 0 Å². The highest BCUT2D eigenvalue weighted by Crippen LogP contribution is 2.18. The first-order valence-electron chi connectivity index (χ1n) is 8.45. The Bertz CT molecular complexity index is 678. The summed E-state index contributed by atoms with van der Waals surface area (Å²) in [6.07, 6.45) is -2.31. The first-order chi connectivity index (χ1) is 12.9. The zero-order chi connectivity index (χ0) is 21.4. The lowest BCUT2D eigenvalue weighted by molar-refractivity contribution is -0.177. The summed E-state index contributed by atoms with van der Waals surface area (Å²) in [5.74, 6) is -1.92. The topological polar surface area (TPSA) is 73.9 Å². The SMILES string of the molecule is COc1ccc(OC/C=C\CC(NC(=O)C(F)(F)F)C(=O)OC(C)(C)C)cc1. The van der Waals surface area contributed by atoms with Crippen molar-refractivity contribution in [1.82, 2.24) is 5.32 Å². The Kier molecular flexibility index (Phi) is 8.34. The van der Waals surface area contributed by atoms with Crippen molar-refractivity contribution in [2.45, 2.75) is 45.0 Å². The normalized spacial score (nSPS) is 13.1. The number of methoxy groups -OCH3 is 1. The molecule has 6 nitrogen and oxygen atoms in total. The molecule has 28 heavy (non-hydrogen) atoms. The molecular formula is C19H24F3NO5. The van der Waals surface area contributed by atoms with Crippen LogP contribution in [0, 0.1) is 0 Å². The number of esters is 1. The van der Waals surface area contributed by atoms with E-state index in [1.165, 1.54) is 19.3 Å². The van der Waals surface area contributed by atoms with E-state index in [9.17, 15) is 22.8 Å². The Morgan fingerprint density at radius 3 is 2.14 bits per heavy atom. The number of halogens is 3. The van der Waals surface area contributed by atoms with E-state index >= 15 is 0 Å². The Labute approximate surface area is 161 Å². The van der Waals surface area contributed by atoms with Crippen LogP contribution in [0.2, 0.25) is 0 Å². The maximum Gasteiger partial charge on any atom is 0.471 e. The number of hydrogen-bond acceptors (Lipinski definition) is 5. The van der Waals surface area contributed by atoms with Crippen LogP contribution in [-0.2, 0) is 14.3 Å². The van der Waals surface area contributed by atoms with Gasteiger partial charge in [-0.1, -0.05) is 12.2 Å². The van der Waals surface area contributed by atoms with Crippen molar-refractivity contribution in [2.75, 3.05) is 13.7 Å². The lowest BCUT2D eigenvalue weighted by atomic mass is 10.1. The maximum absolute atomic E-state index is 12.5. The number of amides is 1. The summed E-state index contributed by atoms with van der Waals surface area (Å²) < 4.78 is 53.0. The molecule has 0 bridgehead atoms. The molecule has 1 amide bonds. The van der Waals surface area contributed by atoms with Gasteiger partial charge >= 0.3 is 18.1 Å². The van der Waals surface area contributed by atoms with Crippen molar-refractivity contribution in [3.8, 4) is 11.5 Å². The molecule has 0 heterocycles. The van der Waals surface area contributed by atoms with Gasteiger partial charge in [0.05, 0.1) is 7.11 Å². The highest BCUT2D eigenvalue weighted by molar-refractivity contribution is 5.87. The molecule has 0 saturated heterocycles. The Morgan fingerprint density at radius 1 is 1.07 bits per heavy atom. The van der Waals surface area contributed by atoms with Gasteiger partial charge in [0.2, 0.25) is 0 Å². The van der Waals surface area contributed by atoms with E-state index in [1.54, 1.807) is 50.4 Å². The zero-order valence-electron chi connectivity index (χ0n) is 16.1. The molecular weight excluding hydrogens is 379 g/mol. The predicted octanol–water partition coefficient (Wildman–Crippen LogP) is 3.41. The standard InChI is InChI=1S/C19H24F3NO5/c1-18(2,3)28-16(24)15(23-17(25)19(20,21)22)7-5-6-12-27-14-10-8-13(26-4)9-11-14/h5-6,8-11,15H,7,12H2,1-4H3,(H,23,25)/b6-5-. The average Bonchev–Trinajstić information content (AvgIpc) is 2.58. The summed E-state index contributed by atoms with van der Waals surface area (Å²) in [7, 11) is 1.54. The number of carbonyl (C=O) groups excluding carboxylic acids is 2. The Morgan fingerprint density at radius 2 is 1.64 bits per heavy atom. The highest BCUT2D eigenvalue weighted by Gasteiger charge is 2.41. The van der Waals surface area contributed by atoms with Gasteiger partial charge in [-0.2, -0.15) is 13.2 Å². The first-order valence-corrected chi connectivity index (χ1v) is 8.45. The molecule has 0 aliphatic heterocycles. The summed E-state index contributed by atoms with van der Waals surface area (Å²) in [6.45, 7) is 4.85. The molecule has 0 aromatic heterocycles. The molecule has 1 aromatic rings. The molecule has 0 fully saturated rings. The van der Waals surface area contributed by atoms with Crippen LogP contribution >= 0.6 is 0 Å². The van der Waals surface area contributed by atoms with E-state index in [2.05, 4.69) is 0 Å². The highest BCUT2D eigenvalue weighted by atomic mass is 19.4. The van der Waals surface area contributed by atoms with Crippen molar-refractivity contribution in [1.29, 1.82) is 0 Å². The summed E-state index contributed by atoms with van der Waals surface area (Å²) in [6, 6.07) is 5.35. The van der Waals surface area contributed by atoms with Gasteiger partial charge in [-0.15, -0.1) is 0 Å². The van der Waals surface area contributed by atoms with E-state index in [1.807, 2.05) is 0 Å². The lowest BCUT2D eigenvalue weighted by Gasteiger charge is -2.24. The minimum Gasteiger partial charge on any atom is -0.497 e. The fraction of sp³-hybridized carbons (Fsp3) is 0.474. The van der Waals surface area contributed by atoms with Crippen LogP contribution in [0.15, 0.2) is 36.4 Å². The molecule has 0 spiro atoms. The molecule has 0 aliphatic carbocycles. The van der Waals surface area contributed by atoms with Gasteiger partial charge < -0.3 is 19.5 Å². The first kappa shape index (κ1) is 23.3. The van der Waals surface area contributed by atoms with Gasteiger partial charge in [0, 0.05) is 0 Å². The molecule has 9 heteroatoms. The number of carbonyl (C=O) groups is 2. The number of alkyl halides is 3. The van der Waals surface area contributed by atoms with E-state index < -0.39 is 29.7 Å². The second kappa shape index (κ2) is 10.0. The number of benzene rings is 1. The quantitative estimate of drug-likeness (QED) is 0.532. The van der Waals surface area contributed by atoms with Crippen LogP contribution < -0.4 is 14.8 Å². The van der Waals surface area contributed by atoms with Crippen LogP contribution in [0.5, 0.6) is 11.5 Å². The fourth-order valence-corrected chi connectivity index (χ4v) is 1.94. The third-order valence-corrected chi connectivity index (χ3v) is 3.20. The number of ether oxygens (including phenoxy) is 3. The summed E-state index contributed by atoms with van der Waals surface area (Å²) in [5, 5.41) is 1.66. The average molecular weight is 403 g/mol. The summed E-state index contributed by atoms with van der Waals surface area (Å²) in [5.41, 5.74) is -0.903. The fourth-order valence-electron chi connectivity index (χ4n) is 1.94. The lowest BCUT2D eigenvalue weighted by Crippen LogP contribution is -2.48. The van der Waals surface area contributed by atoms with Crippen molar-refractivity contribution in [3.63, 3.8) is 0 Å². The molecule has 0 radical (unpaired) electrons. The van der Waals surface area contributed by atoms with Gasteiger partial charge in [-0.3, -0.25) is 4.79 Å². The van der Waals surface area contributed by atoms with E-state index in [0.717, 1.165) is 0 Å². The smallest absolute Gasteiger partial charge is 0.471 e. The minimum atomic E-state index is -5.10. The number of hydrogen-bond donors (Lipinski definition) is 1. The van der Waals surface area contributed by atoms with Crippen LogP contribution in [-0.4, -0.2) is 43.4 Å². The number of nitrogens with one attached hydrogen (secondary N) is 1. The van der Waals surface area contributed by atoms with E-state index in [-0.39, 0.29) is 13.0 Å². The molecule has 1 unspecified atom stereocenters. The molecule has 0 aliphatic rings. The summed E-state index contributed by atoms with van der Waals surface area (Å²) in [4.78, 5) is 23.3. The van der Waals surface area contributed by atoms with E-state index in [0.29, 0.717) is 11.5 Å². The van der Waals surface area contributed by atoms with Gasteiger partial charge in [0.15, 0.2) is 0 Å². The van der Waals surface area contributed by atoms with Gasteiger partial charge in [-0.05, 0) is 51.5 Å². The molecule has 1 atom stereocenters. The van der Waals surface area contributed by atoms with Crippen LogP contribution in [0.4, 0.5) is 13.2 Å². The van der Waals surface area contributed by atoms with Crippen molar-refractivity contribution >= 4 is 11.9 Å². The Balaban J connectivity index is 2.64. The van der Waals surface area contributed by atoms with Gasteiger partial charge in [-0.25, -0.2) is 4.79 Å². The van der Waals surface area contributed by atoms with Crippen LogP contribution in [0.1, 0.15) is 27.2 Å². The van der Waals surface area contributed by atoms with Crippen LogP contribution in [0.25, 0.3) is 0 Å². The predicted molar refractivity (Wildman–Crippen MR) is 96.1 cm³/mol. The van der Waals surface area contributed by atoms with Gasteiger partial charge in [0.1, 0.15) is 29.7 Å². The minimum absolute atomic E-state index is 0.126. The number of rotatable bonds is 8. The second-order valence-electron chi connectivity index (χ2n) is 6.75. The maximum atomic E-state index is 12.5. The van der Waals surface area contributed by atoms with E-state index in [4.69, 9.17) is 14.2 Å². The van der Waals surface area contributed by atoms with Crippen molar-refractivity contribution in [2.24, 2.45) is 0 Å². The summed E-state index contributed by atoms with van der Waals surface area (Å²) >= 11 is 0. The molecule has 1 aromatic carbocycles. The molecule has 156 valence electrons. The van der Waals surface area contributed by atoms with Crippen molar-refractivity contribution in [3.05, 3.63) is 36.4 Å². The van der Waals surface area contributed by atoms with Crippen LogP contribution in [0.3, 0.4) is 0 Å². The monoisotopic (exact) mass is 403 g/mol. The Hall–Kier alpha value is -2.71. The third-order valence-electron chi connectivity index (χ3n) is 3.20. The largest absolute Gasteiger partial charge is 0.497 e. The molecule has 1 N–H and O–H groups in total. The second-order valence-corrected chi connectivity index (χ2v) is 6.75. The zero-order valence-corrected chi connectivity index (χ0v) is 16.1. The third kappa shape index (κ3) is 8.79. The molecule has 0 saturated carbocycles. The van der Waals surface area contributed by atoms with Crippen molar-refractivity contribution < 1.29 is 37.0 Å². The molecule has 1 rings (SSSR count).